The van der Waals surface area contributed by atoms with Gasteiger partial charge in [0.05, 0.1) is 5.56 Å². The first kappa shape index (κ1) is 13.5. The normalized spacial score (nSPS) is 13.2. The largest absolute Gasteiger partial charge is 0.507 e. The van der Waals surface area contributed by atoms with E-state index in [0.717, 1.165) is 30.8 Å². The van der Waals surface area contributed by atoms with E-state index in [0.29, 0.717) is 11.1 Å². The van der Waals surface area contributed by atoms with Crippen LogP contribution in [0.4, 0.5) is 11.4 Å². The molecule has 0 radical (unpaired) electrons. The fourth-order valence-electron chi connectivity index (χ4n) is 2.58. The molecule has 4 heteroatoms. The smallest absolute Gasteiger partial charge is 0.259 e. The molecule has 0 fully saturated rings. The number of amides is 1. The first-order chi connectivity index (χ1) is 10.1. The Balaban J connectivity index is 1.83. The highest BCUT2D eigenvalue weighted by Gasteiger charge is 2.14. The number of nitrogens with one attached hydrogen (secondary N) is 2. The van der Waals surface area contributed by atoms with Crippen molar-refractivity contribution in [1.29, 1.82) is 0 Å². The van der Waals surface area contributed by atoms with E-state index in [1.807, 2.05) is 18.2 Å². The lowest BCUT2D eigenvalue weighted by Gasteiger charge is -2.19. The van der Waals surface area contributed by atoms with E-state index in [2.05, 4.69) is 10.6 Å². The lowest BCUT2D eigenvalue weighted by molar-refractivity contribution is 0.102. The third kappa shape index (κ3) is 2.70. The first-order valence-electron chi connectivity index (χ1n) is 7.12. The molecule has 2 aromatic rings. The number of rotatable bonds is 2. The summed E-state index contributed by atoms with van der Waals surface area (Å²) in [6.45, 7) is 2.73. The zero-order valence-electron chi connectivity index (χ0n) is 11.9. The van der Waals surface area contributed by atoms with Gasteiger partial charge in [-0.05, 0) is 49.1 Å². The molecule has 4 nitrogen and oxygen atoms in total. The van der Waals surface area contributed by atoms with E-state index in [1.165, 1.54) is 5.56 Å². The highest BCUT2D eigenvalue weighted by Crippen LogP contribution is 2.27. The third-order valence-electron chi connectivity index (χ3n) is 3.79. The molecule has 1 heterocycles. The number of aromatic hydroxyl groups is 1. The van der Waals surface area contributed by atoms with Gasteiger partial charge in [0.15, 0.2) is 0 Å². The first-order valence-corrected chi connectivity index (χ1v) is 7.12. The van der Waals surface area contributed by atoms with Crippen molar-refractivity contribution in [2.24, 2.45) is 0 Å². The van der Waals surface area contributed by atoms with Crippen molar-refractivity contribution < 1.29 is 9.90 Å². The van der Waals surface area contributed by atoms with E-state index < -0.39 is 0 Å². The van der Waals surface area contributed by atoms with E-state index in [9.17, 15) is 9.90 Å². The molecule has 3 rings (SSSR count). The number of aryl methyl sites for hydroxylation is 2. The van der Waals surface area contributed by atoms with Crippen LogP contribution in [0.2, 0.25) is 0 Å². The van der Waals surface area contributed by atoms with Gasteiger partial charge >= 0.3 is 0 Å². The lowest BCUT2D eigenvalue weighted by atomic mass is 10.0. The third-order valence-corrected chi connectivity index (χ3v) is 3.79. The molecule has 0 saturated heterocycles. The van der Waals surface area contributed by atoms with Gasteiger partial charge in [-0.2, -0.15) is 0 Å². The zero-order chi connectivity index (χ0) is 14.8. The van der Waals surface area contributed by atoms with Crippen molar-refractivity contribution >= 4 is 17.3 Å². The van der Waals surface area contributed by atoms with Gasteiger partial charge in [0, 0.05) is 17.9 Å². The summed E-state index contributed by atoms with van der Waals surface area (Å²) >= 11 is 0. The van der Waals surface area contributed by atoms with E-state index in [1.54, 1.807) is 25.1 Å². The Morgan fingerprint density at radius 1 is 1.29 bits per heavy atom. The molecular formula is C17H18N2O2. The SMILES string of the molecule is Cc1cccc(C(=O)Nc2ccc3c(c2)NCCC3)c1O. The number of fused-ring (bicyclic) bond motifs is 1. The van der Waals surface area contributed by atoms with Gasteiger partial charge < -0.3 is 15.7 Å². The van der Waals surface area contributed by atoms with Crippen LogP contribution in [0, 0.1) is 6.92 Å². The van der Waals surface area contributed by atoms with Crippen molar-refractivity contribution in [3.63, 3.8) is 0 Å². The molecule has 1 aliphatic rings. The number of para-hydroxylation sites is 1. The van der Waals surface area contributed by atoms with Crippen LogP contribution in [0.25, 0.3) is 0 Å². The molecule has 0 saturated carbocycles. The standard InChI is InChI=1S/C17H18N2O2/c1-11-4-2-6-14(16(11)20)17(21)19-13-8-7-12-5-3-9-18-15(12)10-13/h2,4,6-8,10,18,20H,3,5,9H2,1H3,(H,19,21). The molecule has 3 N–H and O–H groups in total. The van der Waals surface area contributed by atoms with Crippen LogP contribution in [0.3, 0.4) is 0 Å². The molecule has 0 aromatic heterocycles. The summed E-state index contributed by atoms with van der Waals surface area (Å²) in [6, 6.07) is 11.0. The fourth-order valence-corrected chi connectivity index (χ4v) is 2.58. The van der Waals surface area contributed by atoms with Crippen molar-refractivity contribution in [2.45, 2.75) is 19.8 Å². The van der Waals surface area contributed by atoms with Crippen LogP contribution in [-0.4, -0.2) is 17.6 Å². The monoisotopic (exact) mass is 282 g/mol. The Labute approximate surface area is 123 Å². The molecule has 0 bridgehead atoms. The maximum atomic E-state index is 12.3. The summed E-state index contributed by atoms with van der Waals surface area (Å²) in [5, 5.41) is 16.1. The van der Waals surface area contributed by atoms with Crippen molar-refractivity contribution in [2.75, 3.05) is 17.2 Å². The second-order valence-electron chi connectivity index (χ2n) is 5.33. The molecule has 0 spiro atoms. The van der Waals surface area contributed by atoms with Gasteiger partial charge in [0.1, 0.15) is 5.75 Å². The zero-order valence-corrected chi connectivity index (χ0v) is 11.9. The number of phenolic OH excluding ortho intramolecular Hbond substituents is 1. The average molecular weight is 282 g/mol. The van der Waals surface area contributed by atoms with Crippen molar-refractivity contribution in [1.82, 2.24) is 0 Å². The highest BCUT2D eigenvalue weighted by atomic mass is 16.3. The number of benzene rings is 2. The van der Waals surface area contributed by atoms with Gasteiger partial charge in [0.25, 0.3) is 5.91 Å². The van der Waals surface area contributed by atoms with Gasteiger partial charge in [-0.25, -0.2) is 0 Å². The topological polar surface area (TPSA) is 61.4 Å². The van der Waals surface area contributed by atoms with Gasteiger partial charge in [-0.1, -0.05) is 18.2 Å². The highest BCUT2D eigenvalue weighted by molar-refractivity contribution is 6.06. The molecule has 108 valence electrons. The molecular weight excluding hydrogens is 264 g/mol. The minimum Gasteiger partial charge on any atom is -0.507 e. The van der Waals surface area contributed by atoms with Crippen molar-refractivity contribution in [3.05, 3.63) is 53.1 Å². The quantitative estimate of drug-likeness (QED) is 0.792. The van der Waals surface area contributed by atoms with Gasteiger partial charge in [0.2, 0.25) is 0 Å². The van der Waals surface area contributed by atoms with Crippen LogP contribution in [0.1, 0.15) is 27.9 Å². The Morgan fingerprint density at radius 2 is 2.14 bits per heavy atom. The minimum atomic E-state index is -0.299. The number of hydrogen-bond donors (Lipinski definition) is 3. The van der Waals surface area contributed by atoms with E-state index >= 15 is 0 Å². The molecule has 0 aliphatic carbocycles. The maximum absolute atomic E-state index is 12.3. The predicted molar refractivity (Wildman–Crippen MR) is 84.0 cm³/mol. The summed E-state index contributed by atoms with van der Waals surface area (Å²) in [4.78, 5) is 12.3. The molecule has 0 unspecified atom stereocenters. The Morgan fingerprint density at radius 3 is 3.00 bits per heavy atom. The molecule has 1 amide bonds. The lowest BCUT2D eigenvalue weighted by Crippen LogP contribution is -2.15. The molecule has 21 heavy (non-hydrogen) atoms. The Kier molecular flexibility index (Phi) is 3.52. The maximum Gasteiger partial charge on any atom is 0.259 e. The van der Waals surface area contributed by atoms with Gasteiger partial charge in [-0.15, -0.1) is 0 Å². The number of hydrogen-bond acceptors (Lipinski definition) is 3. The number of anilines is 2. The van der Waals surface area contributed by atoms with Gasteiger partial charge in [-0.3, -0.25) is 4.79 Å². The molecule has 1 aliphatic heterocycles. The van der Waals surface area contributed by atoms with Crippen LogP contribution >= 0.6 is 0 Å². The Hall–Kier alpha value is -2.49. The Bertz CT molecular complexity index is 695. The number of carbonyl (C=O) groups is 1. The minimum absolute atomic E-state index is 0.0334. The molecule has 2 aromatic carbocycles. The van der Waals surface area contributed by atoms with Crippen molar-refractivity contribution in [3.8, 4) is 5.75 Å². The summed E-state index contributed by atoms with van der Waals surface area (Å²) in [5.41, 5.74) is 4.06. The summed E-state index contributed by atoms with van der Waals surface area (Å²) in [7, 11) is 0. The van der Waals surface area contributed by atoms with Crippen LogP contribution in [0.5, 0.6) is 5.75 Å². The number of carbonyl (C=O) groups excluding carboxylic acids is 1. The predicted octanol–water partition coefficient (Wildman–Crippen LogP) is 3.31. The summed E-state index contributed by atoms with van der Waals surface area (Å²) in [6.07, 6.45) is 2.20. The summed E-state index contributed by atoms with van der Waals surface area (Å²) < 4.78 is 0. The van der Waals surface area contributed by atoms with Crippen LogP contribution in [0.15, 0.2) is 36.4 Å². The second-order valence-corrected chi connectivity index (χ2v) is 5.33. The second kappa shape index (κ2) is 5.48. The number of phenols is 1. The van der Waals surface area contributed by atoms with E-state index in [4.69, 9.17) is 0 Å². The average Bonchev–Trinajstić information content (AvgIpc) is 2.50. The molecule has 0 atom stereocenters. The van der Waals surface area contributed by atoms with Crippen LogP contribution < -0.4 is 10.6 Å². The van der Waals surface area contributed by atoms with E-state index in [-0.39, 0.29) is 11.7 Å². The van der Waals surface area contributed by atoms with Crippen LogP contribution in [-0.2, 0) is 6.42 Å². The fraction of sp³-hybridized carbons (Fsp3) is 0.235. The summed E-state index contributed by atoms with van der Waals surface area (Å²) in [5.74, 6) is -0.266.